The normalized spacial score (nSPS) is 10.5. The number of benzene rings is 2. The SMILES string of the molecule is O=C(NCc1ccccc1-n1cccn1)c1c(F)cccc1F. The van der Waals surface area contributed by atoms with E-state index in [0.29, 0.717) is 0 Å². The first-order valence-corrected chi connectivity index (χ1v) is 6.97. The maximum Gasteiger partial charge on any atom is 0.257 e. The van der Waals surface area contributed by atoms with Crippen molar-refractivity contribution < 1.29 is 13.6 Å². The van der Waals surface area contributed by atoms with Gasteiger partial charge in [0.15, 0.2) is 0 Å². The zero-order valence-electron chi connectivity index (χ0n) is 12.0. The molecule has 0 fully saturated rings. The molecule has 3 rings (SSSR count). The van der Waals surface area contributed by atoms with Crippen LogP contribution in [0.5, 0.6) is 0 Å². The number of nitrogens with one attached hydrogen (secondary N) is 1. The number of amides is 1. The lowest BCUT2D eigenvalue weighted by Gasteiger charge is -2.11. The van der Waals surface area contributed by atoms with Crippen LogP contribution in [0.2, 0.25) is 0 Å². The first-order valence-electron chi connectivity index (χ1n) is 6.97. The molecule has 2 aromatic carbocycles. The van der Waals surface area contributed by atoms with E-state index in [2.05, 4.69) is 10.4 Å². The first kappa shape index (κ1) is 14.9. The largest absolute Gasteiger partial charge is 0.348 e. The minimum Gasteiger partial charge on any atom is -0.348 e. The van der Waals surface area contributed by atoms with Gasteiger partial charge >= 0.3 is 0 Å². The van der Waals surface area contributed by atoms with Gasteiger partial charge in [0.1, 0.15) is 17.2 Å². The highest BCUT2D eigenvalue weighted by Gasteiger charge is 2.17. The predicted molar refractivity (Wildman–Crippen MR) is 81.1 cm³/mol. The Bertz CT molecular complexity index is 811. The monoisotopic (exact) mass is 313 g/mol. The van der Waals surface area contributed by atoms with Crippen LogP contribution in [0.25, 0.3) is 5.69 Å². The highest BCUT2D eigenvalue weighted by Crippen LogP contribution is 2.15. The quantitative estimate of drug-likeness (QED) is 0.804. The molecule has 0 spiro atoms. The highest BCUT2D eigenvalue weighted by molar-refractivity contribution is 5.94. The van der Waals surface area contributed by atoms with E-state index in [1.807, 2.05) is 24.3 Å². The number of hydrogen-bond donors (Lipinski definition) is 1. The number of hydrogen-bond acceptors (Lipinski definition) is 2. The molecule has 0 unspecified atom stereocenters. The highest BCUT2D eigenvalue weighted by atomic mass is 19.1. The second-order valence-electron chi connectivity index (χ2n) is 4.86. The number of nitrogens with zero attached hydrogens (tertiary/aromatic N) is 2. The van der Waals surface area contributed by atoms with Gasteiger partial charge < -0.3 is 5.32 Å². The molecule has 0 atom stereocenters. The molecular weight excluding hydrogens is 300 g/mol. The Morgan fingerprint density at radius 1 is 1.04 bits per heavy atom. The molecule has 0 bridgehead atoms. The molecule has 6 heteroatoms. The average Bonchev–Trinajstić information content (AvgIpc) is 3.07. The molecule has 1 aromatic heterocycles. The van der Waals surface area contributed by atoms with Gasteiger partial charge in [0.05, 0.1) is 5.69 Å². The van der Waals surface area contributed by atoms with E-state index in [1.54, 1.807) is 23.1 Å². The Morgan fingerprint density at radius 2 is 1.78 bits per heavy atom. The number of halogens is 2. The van der Waals surface area contributed by atoms with Crippen LogP contribution < -0.4 is 5.32 Å². The van der Waals surface area contributed by atoms with Crippen LogP contribution in [0.3, 0.4) is 0 Å². The van der Waals surface area contributed by atoms with Crippen LogP contribution in [-0.4, -0.2) is 15.7 Å². The predicted octanol–water partition coefficient (Wildman–Crippen LogP) is 3.08. The van der Waals surface area contributed by atoms with Crippen molar-refractivity contribution in [3.05, 3.63) is 83.7 Å². The van der Waals surface area contributed by atoms with Crippen molar-refractivity contribution in [2.45, 2.75) is 6.54 Å². The van der Waals surface area contributed by atoms with Crippen molar-refractivity contribution in [1.82, 2.24) is 15.1 Å². The van der Waals surface area contributed by atoms with Gasteiger partial charge in [-0.1, -0.05) is 24.3 Å². The Morgan fingerprint density at radius 3 is 2.48 bits per heavy atom. The van der Waals surface area contributed by atoms with E-state index >= 15 is 0 Å². The van der Waals surface area contributed by atoms with Gasteiger partial charge in [-0.25, -0.2) is 13.5 Å². The van der Waals surface area contributed by atoms with E-state index in [-0.39, 0.29) is 6.54 Å². The van der Waals surface area contributed by atoms with E-state index < -0.39 is 23.1 Å². The van der Waals surface area contributed by atoms with Gasteiger partial charge in [-0.05, 0) is 29.8 Å². The van der Waals surface area contributed by atoms with Crippen LogP contribution in [0.1, 0.15) is 15.9 Å². The van der Waals surface area contributed by atoms with Gasteiger partial charge in [0.25, 0.3) is 5.91 Å². The summed E-state index contributed by atoms with van der Waals surface area (Å²) < 4.78 is 28.9. The van der Waals surface area contributed by atoms with Crippen LogP contribution in [0.4, 0.5) is 8.78 Å². The zero-order chi connectivity index (χ0) is 16.2. The van der Waals surface area contributed by atoms with Crippen LogP contribution in [0, 0.1) is 11.6 Å². The lowest BCUT2D eigenvalue weighted by atomic mass is 10.1. The van der Waals surface area contributed by atoms with Crippen molar-refractivity contribution in [3.63, 3.8) is 0 Å². The molecule has 4 nitrogen and oxygen atoms in total. The second-order valence-corrected chi connectivity index (χ2v) is 4.86. The number of para-hydroxylation sites is 1. The van der Waals surface area contributed by atoms with Crippen LogP contribution in [0.15, 0.2) is 60.9 Å². The van der Waals surface area contributed by atoms with Gasteiger partial charge in [0, 0.05) is 18.9 Å². The van der Waals surface area contributed by atoms with E-state index in [0.717, 1.165) is 23.4 Å². The molecule has 116 valence electrons. The number of carbonyl (C=O) groups excluding carboxylic acids is 1. The minimum absolute atomic E-state index is 0.128. The Kier molecular flexibility index (Phi) is 4.14. The Labute approximate surface area is 131 Å². The number of rotatable bonds is 4. The minimum atomic E-state index is -0.886. The summed E-state index contributed by atoms with van der Waals surface area (Å²) in [5.41, 5.74) is 0.983. The molecule has 1 heterocycles. The summed E-state index contributed by atoms with van der Waals surface area (Å²) in [7, 11) is 0. The molecule has 0 saturated heterocycles. The average molecular weight is 313 g/mol. The summed E-state index contributed by atoms with van der Waals surface area (Å²) in [5, 5.41) is 6.68. The van der Waals surface area contributed by atoms with Crippen molar-refractivity contribution in [1.29, 1.82) is 0 Å². The van der Waals surface area contributed by atoms with Crippen LogP contribution in [-0.2, 0) is 6.54 Å². The van der Waals surface area contributed by atoms with E-state index in [4.69, 9.17) is 0 Å². The van der Waals surface area contributed by atoms with Crippen molar-refractivity contribution in [2.75, 3.05) is 0 Å². The van der Waals surface area contributed by atoms with Gasteiger partial charge in [-0.3, -0.25) is 4.79 Å². The topological polar surface area (TPSA) is 46.9 Å². The fourth-order valence-corrected chi connectivity index (χ4v) is 2.27. The standard InChI is InChI=1S/C17H13F2N3O/c18-13-6-3-7-14(19)16(13)17(23)20-11-12-5-1-2-8-15(12)22-10-4-9-21-22/h1-10H,11H2,(H,20,23). The molecule has 23 heavy (non-hydrogen) atoms. The first-order chi connectivity index (χ1) is 11.2. The van der Waals surface area contributed by atoms with Crippen LogP contribution >= 0.6 is 0 Å². The summed E-state index contributed by atoms with van der Waals surface area (Å²) >= 11 is 0. The molecule has 0 aliphatic carbocycles. The maximum atomic E-state index is 13.6. The summed E-state index contributed by atoms with van der Waals surface area (Å²) in [6, 6.07) is 12.4. The Balaban J connectivity index is 1.81. The van der Waals surface area contributed by atoms with Gasteiger partial charge in [-0.2, -0.15) is 5.10 Å². The molecule has 3 aromatic rings. The van der Waals surface area contributed by atoms with Crippen molar-refractivity contribution in [3.8, 4) is 5.69 Å². The summed E-state index contributed by atoms with van der Waals surface area (Å²) in [5.74, 6) is -2.57. The van der Waals surface area contributed by atoms with Crippen molar-refractivity contribution in [2.24, 2.45) is 0 Å². The van der Waals surface area contributed by atoms with Gasteiger partial charge in [0.2, 0.25) is 0 Å². The zero-order valence-corrected chi connectivity index (χ0v) is 12.0. The third kappa shape index (κ3) is 3.11. The summed E-state index contributed by atoms with van der Waals surface area (Å²) in [6.07, 6.45) is 3.42. The summed E-state index contributed by atoms with van der Waals surface area (Å²) in [6.45, 7) is 0.128. The van der Waals surface area contributed by atoms with E-state index in [9.17, 15) is 13.6 Å². The maximum absolute atomic E-state index is 13.6. The lowest BCUT2D eigenvalue weighted by molar-refractivity contribution is 0.0942. The molecular formula is C17H13F2N3O. The Hall–Kier alpha value is -3.02. The molecule has 0 saturated carbocycles. The van der Waals surface area contributed by atoms with Gasteiger partial charge in [-0.15, -0.1) is 0 Å². The molecule has 1 N–H and O–H groups in total. The third-order valence-corrected chi connectivity index (χ3v) is 3.37. The molecule has 0 radical (unpaired) electrons. The molecule has 0 aliphatic rings. The number of aromatic nitrogens is 2. The fraction of sp³-hybridized carbons (Fsp3) is 0.0588. The molecule has 0 aliphatic heterocycles. The number of carbonyl (C=O) groups is 1. The fourth-order valence-electron chi connectivity index (χ4n) is 2.27. The molecule has 1 amide bonds. The summed E-state index contributed by atoms with van der Waals surface area (Å²) in [4.78, 5) is 12.0. The van der Waals surface area contributed by atoms with E-state index in [1.165, 1.54) is 6.07 Å². The lowest BCUT2D eigenvalue weighted by Crippen LogP contribution is -2.25. The third-order valence-electron chi connectivity index (χ3n) is 3.37. The van der Waals surface area contributed by atoms with Crippen molar-refractivity contribution >= 4 is 5.91 Å². The second kappa shape index (κ2) is 6.39. The smallest absolute Gasteiger partial charge is 0.257 e.